The van der Waals surface area contributed by atoms with Crippen molar-refractivity contribution in [1.29, 1.82) is 0 Å². The molecule has 1 rings (SSSR count). The van der Waals surface area contributed by atoms with Crippen LogP contribution in [0.5, 0.6) is 0 Å². The van der Waals surface area contributed by atoms with E-state index >= 15 is 0 Å². The van der Waals surface area contributed by atoms with Crippen LogP contribution >= 0.6 is 0 Å². The zero-order valence-corrected chi connectivity index (χ0v) is 10.6. The van der Waals surface area contributed by atoms with Gasteiger partial charge in [-0.25, -0.2) is 0 Å². The SMILES string of the molecule is CCCCN(CCO)c1ccc([C@@H](C)O)nc1. The first kappa shape index (κ1) is 13.9. The molecule has 0 aliphatic carbocycles. The van der Waals surface area contributed by atoms with E-state index in [4.69, 9.17) is 5.11 Å². The maximum Gasteiger partial charge on any atom is 0.0931 e. The third kappa shape index (κ3) is 4.32. The average Bonchev–Trinajstić information content (AvgIpc) is 2.34. The Labute approximate surface area is 103 Å². The number of rotatable bonds is 7. The van der Waals surface area contributed by atoms with Crippen LogP contribution in [0.25, 0.3) is 0 Å². The van der Waals surface area contributed by atoms with Crippen molar-refractivity contribution in [3.8, 4) is 0 Å². The summed E-state index contributed by atoms with van der Waals surface area (Å²) < 4.78 is 0. The van der Waals surface area contributed by atoms with Gasteiger partial charge < -0.3 is 15.1 Å². The van der Waals surface area contributed by atoms with Crippen molar-refractivity contribution in [3.63, 3.8) is 0 Å². The summed E-state index contributed by atoms with van der Waals surface area (Å²) in [6, 6.07) is 3.77. The molecule has 1 aromatic heterocycles. The van der Waals surface area contributed by atoms with Gasteiger partial charge in [-0.15, -0.1) is 0 Å². The number of aromatic nitrogens is 1. The Bertz CT molecular complexity index is 312. The van der Waals surface area contributed by atoms with Crippen LogP contribution in [0.1, 0.15) is 38.5 Å². The molecule has 1 heterocycles. The Morgan fingerprint density at radius 2 is 2.12 bits per heavy atom. The maximum absolute atomic E-state index is 9.38. The zero-order valence-electron chi connectivity index (χ0n) is 10.6. The largest absolute Gasteiger partial charge is 0.395 e. The smallest absolute Gasteiger partial charge is 0.0931 e. The highest BCUT2D eigenvalue weighted by Gasteiger charge is 2.07. The molecule has 0 aliphatic heterocycles. The Balaban J connectivity index is 2.72. The van der Waals surface area contributed by atoms with Crippen LogP contribution in [-0.2, 0) is 0 Å². The number of aliphatic hydroxyl groups excluding tert-OH is 2. The van der Waals surface area contributed by atoms with Crippen LogP contribution in [0.3, 0.4) is 0 Å². The van der Waals surface area contributed by atoms with E-state index in [-0.39, 0.29) is 6.61 Å². The van der Waals surface area contributed by atoms with Crippen molar-refractivity contribution in [1.82, 2.24) is 4.98 Å². The summed E-state index contributed by atoms with van der Waals surface area (Å²) in [5.74, 6) is 0. The Hall–Kier alpha value is -1.13. The zero-order chi connectivity index (χ0) is 12.7. The number of hydrogen-bond donors (Lipinski definition) is 2. The summed E-state index contributed by atoms with van der Waals surface area (Å²) in [5.41, 5.74) is 1.67. The first-order valence-electron chi connectivity index (χ1n) is 6.18. The standard InChI is InChI=1S/C13H22N2O2/c1-3-4-7-15(8-9-16)12-5-6-13(11(2)17)14-10-12/h5-6,10-11,16-17H,3-4,7-9H2,1-2H3/t11-/m1/s1. The molecule has 0 bridgehead atoms. The third-order valence-corrected chi connectivity index (χ3v) is 2.72. The van der Waals surface area contributed by atoms with Crippen molar-refractivity contribution in [2.45, 2.75) is 32.8 Å². The van der Waals surface area contributed by atoms with Crippen LogP contribution in [0.4, 0.5) is 5.69 Å². The van der Waals surface area contributed by atoms with Gasteiger partial charge >= 0.3 is 0 Å². The fourth-order valence-corrected chi connectivity index (χ4v) is 1.67. The van der Waals surface area contributed by atoms with E-state index in [1.807, 2.05) is 12.1 Å². The van der Waals surface area contributed by atoms with Gasteiger partial charge in [-0.2, -0.15) is 0 Å². The van der Waals surface area contributed by atoms with E-state index in [1.54, 1.807) is 13.1 Å². The summed E-state index contributed by atoms with van der Waals surface area (Å²) in [4.78, 5) is 6.33. The average molecular weight is 238 g/mol. The van der Waals surface area contributed by atoms with E-state index in [0.717, 1.165) is 25.1 Å². The highest BCUT2D eigenvalue weighted by Crippen LogP contribution is 2.16. The lowest BCUT2D eigenvalue weighted by molar-refractivity contribution is 0.194. The molecule has 1 atom stereocenters. The van der Waals surface area contributed by atoms with E-state index in [2.05, 4.69) is 16.8 Å². The Kier molecular flexibility index (Phi) is 5.94. The second-order valence-electron chi connectivity index (χ2n) is 4.18. The van der Waals surface area contributed by atoms with Gasteiger partial charge in [0, 0.05) is 13.1 Å². The molecular weight excluding hydrogens is 216 g/mol. The second-order valence-corrected chi connectivity index (χ2v) is 4.18. The van der Waals surface area contributed by atoms with Crippen molar-refractivity contribution in [3.05, 3.63) is 24.0 Å². The molecule has 2 N–H and O–H groups in total. The molecule has 96 valence electrons. The molecular formula is C13H22N2O2. The quantitative estimate of drug-likeness (QED) is 0.759. The van der Waals surface area contributed by atoms with Gasteiger partial charge in [-0.1, -0.05) is 13.3 Å². The monoisotopic (exact) mass is 238 g/mol. The lowest BCUT2D eigenvalue weighted by Crippen LogP contribution is -2.27. The summed E-state index contributed by atoms with van der Waals surface area (Å²) in [7, 11) is 0. The molecule has 4 heteroatoms. The normalized spacial score (nSPS) is 12.5. The number of unbranched alkanes of at least 4 members (excludes halogenated alkanes) is 1. The van der Waals surface area contributed by atoms with E-state index in [1.165, 1.54) is 0 Å². The molecule has 0 saturated carbocycles. The van der Waals surface area contributed by atoms with E-state index in [9.17, 15) is 5.11 Å². The van der Waals surface area contributed by atoms with Gasteiger partial charge in [-0.05, 0) is 25.5 Å². The molecule has 0 amide bonds. The summed E-state index contributed by atoms with van der Waals surface area (Å²) in [6.07, 6.45) is 3.44. The molecule has 0 fully saturated rings. The summed E-state index contributed by atoms with van der Waals surface area (Å²) >= 11 is 0. The molecule has 17 heavy (non-hydrogen) atoms. The second kappa shape index (κ2) is 7.25. The molecule has 0 unspecified atom stereocenters. The number of hydrogen-bond acceptors (Lipinski definition) is 4. The fourth-order valence-electron chi connectivity index (χ4n) is 1.67. The van der Waals surface area contributed by atoms with Crippen molar-refractivity contribution >= 4 is 5.69 Å². The lowest BCUT2D eigenvalue weighted by atomic mass is 10.2. The Morgan fingerprint density at radius 3 is 2.59 bits per heavy atom. The fraction of sp³-hybridized carbons (Fsp3) is 0.615. The van der Waals surface area contributed by atoms with Gasteiger partial charge in [0.1, 0.15) is 0 Å². The van der Waals surface area contributed by atoms with Gasteiger partial charge in [-0.3, -0.25) is 4.98 Å². The van der Waals surface area contributed by atoms with Gasteiger partial charge in [0.25, 0.3) is 0 Å². The highest BCUT2D eigenvalue weighted by molar-refractivity contribution is 5.44. The van der Waals surface area contributed by atoms with E-state index < -0.39 is 6.10 Å². The van der Waals surface area contributed by atoms with Crippen LogP contribution < -0.4 is 4.90 Å². The number of pyridine rings is 1. The van der Waals surface area contributed by atoms with Gasteiger partial charge in [0.15, 0.2) is 0 Å². The predicted molar refractivity (Wildman–Crippen MR) is 69.1 cm³/mol. The van der Waals surface area contributed by atoms with E-state index in [0.29, 0.717) is 12.2 Å². The topological polar surface area (TPSA) is 56.6 Å². The molecule has 0 radical (unpaired) electrons. The van der Waals surface area contributed by atoms with Gasteiger partial charge in [0.2, 0.25) is 0 Å². The molecule has 1 aromatic rings. The maximum atomic E-state index is 9.38. The van der Waals surface area contributed by atoms with Crippen LogP contribution in [0.2, 0.25) is 0 Å². The van der Waals surface area contributed by atoms with Crippen molar-refractivity contribution < 1.29 is 10.2 Å². The summed E-state index contributed by atoms with van der Waals surface area (Å²) in [6.45, 7) is 5.53. The number of aliphatic hydroxyl groups is 2. The van der Waals surface area contributed by atoms with Crippen molar-refractivity contribution in [2.75, 3.05) is 24.6 Å². The molecule has 0 saturated heterocycles. The number of anilines is 1. The van der Waals surface area contributed by atoms with Crippen LogP contribution in [-0.4, -0.2) is 34.9 Å². The summed E-state index contributed by atoms with van der Waals surface area (Å²) in [5, 5.41) is 18.4. The first-order chi connectivity index (χ1) is 8.19. The molecule has 0 spiro atoms. The third-order valence-electron chi connectivity index (χ3n) is 2.72. The Morgan fingerprint density at radius 1 is 1.35 bits per heavy atom. The minimum Gasteiger partial charge on any atom is -0.395 e. The van der Waals surface area contributed by atoms with Gasteiger partial charge in [0.05, 0.1) is 30.3 Å². The highest BCUT2D eigenvalue weighted by atomic mass is 16.3. The molecule has 4 nitrogen and oxygen atoms in total. The van der Waals surface area contributed by atoms with Crippen molar-refractivity contribution in [2.24, 2.45) is 0 Å². The number of nitrogens with zero attached hydrogens (tertiary/aromatic N) is 2. The first-order valence-corrected chi connectivity index (χ1v) is 6.18. The minimum absolute atomic E-state index is 0.141. The minimum atomic E-state index is -0.536. The van der Waals surface area contributed by atoms with Crippen LogP contribution in [0.15, 0.2) is 18.3 Å². The lowest BCUT2D eigenvalue weighted by Gasteiger charge is -2.23. The van der Waals surface area contributed by atoms with Crippen LogP contribution in [0, 0.1) is 0 Å². The molecule has 0 aromatic carbocycles. The predicted octanol–water partition coefficient (Wildman–Crippen LogP) is 1.73. The molecule has 0 aliphatic rings.